The van der Waals surface area contributed by atoms with Gasteiger partial charge in [-0.15, -0.1) is 0 Å². The lowest BCUT2D eigenvalue weighted by atomic mass is 10.00. The molecule has 1 fully saturated rings. The number of rotatable bonds is 9. The van der Waals surface area contributed by atoms with E-state index >= 15 is 0 Å². The third-order valence-corrected chi connectivity index (χ3v) is 4.22. The van der Waals surface area contributed by atoms with E-state index in [1.54, 1.807) is 0 Å². The van der Waals surface area contributed by atoms with Crippen molar-refractivity contribution < 1.29 is 0 Å². The van der Waals surface area contributed by atoms with Gasteiger partial charge in [0, 0.05) is 25.7 Å². The van der Waals surface area contributed by atoms with Crippen molar-refractivity contribution >= 4 is 0 Å². The maximum atomic E-state index is 3.53. The summed E-state index contributed by atoms with van der Waals surface area (Å²) in [5.41, 5.74) is 0. The summed E-state index contributed by atoms with van der Waals surface area (Å²) in [4.78, 5) is 2.72. The lowest BCUT2D eigenvalue weighted by Gasteiger charge is -2.38. The molecule has 0 radical (unpaired) electrons. The molecule has 2 nitrogen and oxygen atoms in total. The van der Waals surface area contributed by atoms with Gasteiger partial charge >= 0.3 is 0 Å². The average molecular weight is 254 g/mol. The van der Waals surface area contributed by atoms with Gasteiger partial charge in [0.15, 0.2) is 0 Å². The summed E-state index contributed by atoms with van der Waals surface area (Å²) in [6.07, 6.45) is 9.94. The average Bonchev–Trinajstić information content (AvgIpc) is 2.38. The molecule has 0 spiro atoms. The Balaban J connectivity index is 2.06. The minimum atomic E-state index is 0.763. The first-order valence-corrected chi connectivity index (χ1v) is 8.20. The van der Waals surface area contributed by atoms with Gasteiger partial charge in [0.25, 0.3) is 0 Å². The Morgan fingerprint density at radius 1 is 1.06 bits per heavy atom. The highest BCUT2D eigenvalue weighted by atomic mass is 15.2. The number of unbranched alkanes of at least 4 members (excludes halogenated alkanes) is 6. The Hall–Kier alpha value is -0.0800. The summed E-state index contributed by atoms with van der Waals surface area (Å²) in [6, 6.07) is 0.763. The molecule has 1 N–H and O–H groups in total. The summed E-state index contributed by atoms with van der Waals surface area (Å²) in [6.45, 7) is 11.9. The topological polar surface area (TPSA) is 15.3 Å². The van der Waals surface area contributed by atoms with Crippen LogP contribution in [0.15, 0.2) is 0 Å². The van der Waals surface area contributed by atoms with Gasteiger partial charge in [-0.05, 0) is 18.9 Å². The molecule has 0 aliphatic carbocycles. The highest BCUT2D eigenvalue weighted by Crippen LogP contribution is 2.14. The molecule has 1 rings (SSSR count). The SMILES string of the molecule is CCCCCCCCCN1CCNCC1C(C)C. The molecule has 0 aromatic heterocycles. The van der Waals surface area contributed by atoms with Crippen LogP contribution in [0, 0.1) is 5.92 Å². The molecule has 18 heavy (non-hydrogen) atoms. The third-order valence-electron chi connectivity index (χ3n) is 4.22. The lowest BCUT2D eigenvalue weighted by Crippen LogP contribution is -2.53. The first-order valence-electron chi connectivity index (χ1n) is 8.20. The Morgan fingerprint density at radius 2 is 1.72 bits per heavy atom. The van der Waals surface area contributed by atoms with Crippen LogP contribution in [-0.2, 0) is 0 Å². The molecule has 1 atom stereocenters. The molecule has 108 valence electrons. The maximum Gasteiger partial charge on any atom is 0.0244 e. The van der Waals surface area contributed by atoms with Gasteiger partial charge in [0.05, 0.1) is 0 Å². The number of nitrogens with one attached hydrogen (secondary N) is 1. The summed E-state index contributed by atoms with van der Waals surface area (Å²) in [7, 11) is 0. The zero-order valence-corrected chi connectivity index (χ0v) is 12.9. The van der Waals surface area contributed by atoms with E-state index in [2.05, 4.69) is 31.0 Å². The van der Waals surface area contributed by atoms with E-state index in [1.165, 1.54) is 71.1 Å². The van der Waals surface area contributed by atoms with Crippen molar-refractivity contribution in [2.24, 2.45) is 5.92 Å². The molecule has 1 aliphatic rings. The van der Waals surface area contributed by atoms with Gasteiger partial charge in [0.1, 0.15) is 0 Å². The van der Waals surface area contributed by atoms with Crippen LogP contribution in [0.5, 0.6) is 0 Å². The number of hydrogen-bond acceptors (Lipinski definition) is 2. The largest absolute Gasteiger partial charge is 0.314 e. The number of nitrogens with zero attached hydrogens (tertiary/aromatic N) is 1. The van der Waals surface area contributed by atoms with Gasteiger partial charge in [-0.2, -0.15) is 0 Å². The van der Waals surface area contributed by atoms with Crippen molar-refractivity contribution in [2.75, 3.05) is 26.2 Å². The highest BCUT2D eigenvalue weighted by molar-refractivity contribution is 4.81. The lowest BCUT2D eigenvalue weighted by molar-refractivity contribution is 0.122. The van der Waals surface area contributed by atoms with E-state index in [0.29, 0.717) is 0 Å². The molecular weight excluding hydrogens is 220 g/mol. The van der Waals surface area contributed by atoms with Crippen LogP contribution < -0.4 is 5.32 Å². The Morgan fingerprint density at radius 3 is 2.39 bits per heavy atom. The van der Waals surface area contributed by atoms with Crippen LogP contribution in [-0.4, -0.2) is 37.1 Å². The predicted octanol–water partition coefficient (Wildman–Crippen LogP) is 3.67. The van der Waals surface area contributed by atoms with E-state index in [1.807, 2.05) is 0 Å². The zero-order valence-electron chi connectivity index (χ0n) is 12.9. The van der Waals surface area contributed by atoms with Crippen LogP contribution in [0.1, 0.15) is 65.7 Å². The molecule has 0 aromatic rings. The third kappa shape index (κ3) is 6.19. The van der Waals surface area contributed by atoms with Gasteiger partial charge in [-0.25, -0.2) is 0 Å². The van der Waals surface area contributed by atoms with Gasteiger partial charge in [-0.1, -0.05) is 59.3 Å². The Kier molecular flexibility index (Phi) is 8.70. The van der Waals surface area contributed by atoms with Crippen molar-refractivity contribution in [2.45, 2.75) is 71.8 Å². The smallest absolute Gasteiger partial charge is 0.0244 e. The van der Waals surface area contributed by atoms with Crippen LogP contribution >= 0.6 is 0 Å². The Labute approximate surface area is 115 Å². The van der Waals surface area contributed by atoms with Gasteiger partial charge in [0.2, 0.25) is 0 Å². The van der Waals surface area contributed by atoms with Crippen molar-refractivity contribution in [1.29, 1.82) is 0 Å². The first kappa shape index (κ1) is 16.0. The van der Waals surface area contributed by atoms with Crippen molar-refractivity contribution in [1.82, 2.24) is 10.2 Å². The fourth-order valence-electron chi connectivity index (χ4n) is 2.97. The summed E-state index contributed by atoms with van der Waals surface area (Å²) in [5, 5.41) is 3.53. The monoisotopic (exact) mass is 254 g/mol. The second-order valence-electron chi connectivity index (χ2n) is 6.17. The molecular formula is C16H34N2. The molecule has 1 heterocycles. The van der Waals surface area contributed by atoms with Gasteiger partial charge < -0.3 is 5.32 Å². The number of hydrogen-bond donors (Lipinski definition) is 1. The molecule has 1 saturated heterocycles. The molecule has 0 amide bonds. The zero-order chi connectivity index (χ0) is 13.2. The molecule has 1 aliphatic heterocycles. The van der Waals surface area contributed by atoms with Crippen LogP contribution in [0.2, 0.25) is 0 Å². The molecule has 0 bridgehead atoms. The van der Waals surface area contributed by atoms with E-state index in [0.717, 1.165) is 12.0 Å². The summed E-state index contributed by atoms with van der Waals surface area (Å²) in [5.74, 6) is 0.780. The second kappa shape index (κ2) is 9.80. The highest BCUT2D eigenvalue weighted by Gasteiger charge is 2.23. The molecule has 0 aromatic carbocycles. The van der Waals surface area contributed by atoms with Crippen LogP contribution in [0.4, 0.5) is 0 Å². The quantitative estimate of drug-likeness (QED) is 0.632. The van der Waals surface area contributed by atoms with Crippen LogP contribution in [0.3, 0.4) is 0 Å². The van der Waals surface area contributed by atoms with Crippen molar-refractivity contribution in [3.8, 4) is 0 Å². The number of piperazine rings is 1. The first-order chi connectivity index (χ1) is 8.75. The summed E-state index contributed by atoms with van der Waals surface area (Å²) < 4.78 is 0. The second-order valence-corrected chi connectivity index (χ2v) is 6.17. The van der Waals surface area contributed by atoms with Crippen molar-refractivity contribution in [3.63, 3.8) is 0 Å². The van der Waals surface area contributed by atoms with Gasteiger partial charge in [-0.3, -0.25) is 4.90 Å². The fraction of sp³-hybridized carbons (Fsp3) is 1.00. The van der Waals surface area contributed by atoms with Crippen molar-refractivity contribution in [3.05, 3.63) is 0 Å². The summed E-state index contributed by atoms with van der Waals surface area (Å²) >= 11 is 0. The standard InChI is InChI=1S/C16H34N2/c1-4-5-6-7-8-9-10-12-18-13-11-17-14-16(18)15(2)3/h15-17H,4-14H2,1-3H3. The minimum absolute atomic E-state index is 0.763. The van der Waals surface area contributed by atoms with Crippen LogP contribution in [0.25, 0.3) is 0 Å². The molecule has 1 unspecified atom stereocenters. The predicted molar refractivity (Wildman–Crippen MR) is 81.1 cm³/mol. The Bertz CT molecular complexity index is 192. The fourth-order valence-corrected chi connectivity index (χ4v) is 2.97. The van der Waals surface area contributed by atoms with E-state index in [-0.39, 0.29) is 0 Å². The minimum Gasteiger partial charge on any atom is -0.314 e. The normalized spacial score (nSPS) is 21.7. The molecule has 0 saturated carbocycles. The maximum absolute atomic E-state index is 3.53. The van der Waals surface area contributed by atoms with E-state index < -0.39 is 0 Å². The molecule has 2 heteroatoms. The van der Waals surface area contributed by atoms with E-state index in [4.69, 9.17) is 0 Å². The van der Waals surface area contributed by atoms with E-state index in [9.17, 15) is 0 Å².